The first kappa shape index (κ1) is 21.3. The van der Waals surface area contributed by atoms with Gasteiger partial charge in [-0.1, -0.05) is 13.0 Å². The number of nitrogens with one attached hydrogen (secondary N) is 1. The lowest BCUT2D eigenvalue weighted by Gasteiger charge is -2.38. The van der Waals surface area contributed by atoms with Crippen LogP contribution in [0.3, 0.4) is 0 Å². The predicted molar refractivity (Wildman–Crippen MR) is 122 cm³/mol. The Balaban J connectivity index is 1.40. The van der Waals surface area contributed by atoms with Crippen LogP contribution >= 0.6 is 11.3 Å². The molecule has 4 heterocycles. The topological polar surface area (TPSA) is 57.9 Å². The third kappa shape index (κ3) is 5.04. The summed E-state index contributed by atoms with van der Waals surface area (Å²) in [6.45, 7) is 7.91. The molecule has 0 amide bonds. The molecule has 2 aromatic heterocycles. The molecule has 0 aliphatic carbocycles. The summed E-state index contributed by atoms with van der Waals surface area (Å²) in [5.41, 5.74) is 1.12. The van der Waals surface area contributed by atoms with E-state index in [1.54, 1.807) is 0 Å². The molecule has 0 bridgehead atoms. The SMILES string of the molecule is CN=C(NCC(c1cccs1)N1CCC(C)CC1)N1CCOC(c2cnn(C)c2)C1. The van der Waals surface area contributed by atoms with Gasteiger partial charge in [0, 0.05) is 43.8 Å². The van der Waals surface area contributed by atoms with Crippen LogP contribution in [0.1, 0.15) is 42.4 Å². The zero-order valence-electron chi connectivity index (χ0n) is 18.3. The summed E-state index contributed by atoms with van der Waals surface area (Å²) in [5.74, 6) is 1.79. The van der Waals surface area contributed by atoms with Gasteiger partial charge in [0.2, 0.25) is 0 Å². The molecule has 2 fully saturated rings. The maximum Gasteiger partial charge on any atom is 0.193 e. The van der Waals surface area contributed by atoms with Crippen LogP contribution in [-0.4, -0.2) is 71.9 Å². The normalized spacial score (nSPS) is 23.0. The van der Waals surface area contributed by atoms with Crippen LogP contribution in [0.25, 0.3) is 0 Å². The lowest BCUT2D eigenvalue weighted by atomic mass is 9.97. The lowest BCUT2D eigenvalue weighted by molar-refractivity contribution is -0.00817. The average molecular weight is 431 g/mol. The van der Waals surface area contributed by atoms with Gasteiger partial charge < -0.3 is 15.0 Å². The van der Waals surface area contributed by atoms with E-state index < -0.39 is 0 Å². The third-order valence-corrected chi connectivity index (χ3v) is 7.23. The fourth-order valence-corrected chi connectivity index (χ4v) is 5.26. The Morgan fingerprint density at radius 1 is 1.37 bits per heavy atom. The third-order valence-electron chi connectivity index (χ3n) is 6.26. The number of rotatable bonds is 5. The van der Waals surface area contributed by atoms with Crippen molar-refractivity contribution in [1.29, 1.82) is 0 Å². The van der Waals surface area contributed by atoms with Crippen LogP contribution in [0.5, 0.6) is 0 Å². The van der Waals surface area contributed by atoms with E-state index in [-0.39, 0.29) is 6.10 Å². The van der Waals surface area contributed by atoms with Gasteiger partial charge in [-0.15, -0.1) is 11.3 Å². The van der Waals surface area contributed by atoms with Gasteiger partial charge in [0.1, 0.15) is 6.10 Å². The molecule has 2 atom stereocenters. The highest BCUT2D eigenvalue weighted by atomic mass is 32.1. The molecule has 0 spiro atoms. The number of thiophene rings is 1. The number of likely N-dealkylation sites (tertiary alicyclic amines) is 1. The molecule has 0 saturated carbocycles. The van der Waals surface area contributed by atoms with E-state index in [9.17, 15) is 0 Å². The molecule has 4 rings (SSSR count). The second-order valence-corrected chi connectivity index (χ2v) is 9.41. The first-order chi connectivity index (χ1) is 14.6. The Bertz CT molecular complexity index is 811. The highest BCUT2D eigenvalue weighted by Gasteiger charge is 2.28. The van der Waals surface area contributed by atoms with E-state index in [1.165, 1.54) is 30.8 Å². The fourth-order valence-electron chi connectivity index (χ4n) is 4.40. The number of nitrogens with zero attached hydrogens (tertiary/aromatic N) is 5. The molecule has 2 aromatic rings. The van der Waals surface area contributed by atoms with Gasteiger partial charge in [0.05, 0.1) is 25.4 Å². The van der Waals surface area contributed by atoms with Gasteiger partial charge in [-0.25, -0.2) is 0 Å². The van der Waals surface area contributed by atoms with Crippen LogP contribution in [-0.2, 0) is 11.8 Å². The number of aliphatic imine (C=N–C) groups is 1. The number of hydrogen-bond donors (Lipinski definition) is 1. The molecule has 0 radical (unpaired) electrons. The molecular weight excluding hydrogens is 396 g/mol. The fraction of sp³-hybridized carbons (Fsp3) is 0.636. The van der Waals surface area contributed by atoms with E-state index in [2.05, 4.69) is 49.6 Å². The standard InChI is InChI=1S/C22H34N6OS/c1-17-6-8-27(9-7-17)19(21-5-4-12-30-21)14-24-22(23-2)28-10-11-29-20(16-28)18-13-25-26(3)15-18/h4-5,12-13,15,17,19-20H,6-11,14,16H2,1-3H3,(H,23,24). The summed E-state index contributed by atoms with van der Waals surface area (Å²) >= 11 is 1.86. The Morgan fingerprint density at radius 3 is 2.87 bits per heavy atom. The predicted octanol–water partition coefficient (Wildman–Crippen LogP) is 2.90. The van der Waals surface area contributed by atoms with Crippen molar-refractivity contribution in [1.82, 2.24) is 24.9 Å². The van der Waals surface area contributed by atoms with Crippen LogP contribution in [0.15, 0.2) is 34.9 Å². The monoisotopic (exact) mass is 430 g/mol. The molecule has 30 heavy (non-hydrogen) atoms. The summed E-state index contributed by atoms with van der Waals surface area (Å²) in [5, 5.41) is 10.2. The summed E-state index contributed by atoms with van der Waals surface area (Å²) in [6, 6.07) is 4.82. The zero-order chi connectivity index (χ0) is 20.9. The lowest BCUT2D eigenvalue weighted by Crippen LogP contribution is -2.50. The van der Waals surface area contributed by atoms with Gasteiger partial charge in [0.25, 0.3) is 0 Å². The minimum Gasteiger partial charge on any atom is -0.370 e. The van der Waals surface area contributed by atoms with Crippen LogP contribution in [0, 0.1) is 5.92 Å². The van der Waals surface area contributed by atoms with Crippen molar-refractivity contribution in [2.45, 2.75) is 31.9 Å². The summed E-state index contributed by atoms with van der Waals surface area (Å²) in [6.07, 6.45) is 6.53. The quantitative estimate of drug-likeness (QED) is 0.584. The maximum absolute atomic E-state index is 6.01. The smallest absolute Gasteiger partial charge is 0.193 e. The van der Waals surface area contributed by atoms with E-state index in [0.717, 1.165) is 37.1 Å². The minimum absolute atomic E-state index is 0.0303. The molecule has 2 unspecified atom stereocenters. The Morgan fingerprint density at radius 2 is 2.20 bits per heavy atom. The molecule has 1 N–H and O–H groups in total. The van der Waals surface area contributed by atoms with Gasteiger partial charge >= 0.3 is 0 Å². The Hall–Kier alpha value is -1.90. The highest BCUT2D eigenvalue weighted by molar-refractivity contribution is 7.10. The van der Waals surface area contributed by atoms with Crippen molar-refractivity contribution in [3.05, 3.63) is 40.3 Å². The summed E-state index contributed by atoms with van der Waals surface area (Å²) in [4.78, 5) is 11.0. The largest absolute Gasteiger partial charge is 0.370 e. The molecular formula is C22H34N6OS. The minimum atomic E-state index is 0.0303. The number of hydrogen-bond acceptors (Lipinski definition) is 5. The molecule has 2 saturated heterocycles. The van der Waals surface area contributed by atoms with Gasteiger partial charge in [-0.05, 0) is 43.3 Å². The number of aromatic nitrogens is 2. The van der Waals surface area contributed by atoms with Crippen molar-refractivity contribution in [2.75, 3.05) is 46.4 Å². The van der Waals surface area contributed by atoms with E-state index in [4.69, 9.17) is 4.74 Å². The highest BCUT2D eigenvalue weighted by Crippen LogP contribution is 2.29. The second-order valence-electron chi connectivity index (χ2n) is 8.43. The molecule has 2 aliphatic heterocycles. The van der Waals surface area contributed by atoms with E-state index in [0.29, 0.717) is 12.6 Å². The van der Waals surface area contributed by atoms with Gasteiger partial charge in [-0.2, -0.15) is 5.10 Å². The van der Waals surface area contributed by atoms with Crippen molar-refractivity contribution in [2.24, 2.45) is 18.0 Å². The van der Waals surface area contributed by atoms with Crippen LogP contribution in [0.4, 0.5) is 0 Å². The number of aryl methyl sites for hydroxylation is 1. The van der Waals surface area contributed by atoms with Crippen molar-refractivity contribution >= 4 is 17.3 Å². The first-order valence-electron chi connectivity index (χ1n) is 11.0. The maximum atomic E-state index is 6.01. The van der Waals surface area contributed by atoms with Crippen molar-refractivity contribution in [3.8, 4) is 0 Å². The molecule has 7 nitrogen and oxygen atoms in total. The van der Waals surface area contributed by atoms with Crippen LogP contribution < -0.4 is 5.32 Å². The Labute approximate surface area is 183 Å². The second kappa shape index (κ2) is 9.94. The number of piperidine rings is 1. The Kier molecular flexibility index (Phi) is 7.07. The molecule has 8 heteroatoms. The number of guanidine groups is 1. The van der Waals surface area contributed by atoms with Crippen LogP contribution in [0.2, 0.25) is 0 Å². The molecule has 164 valence electrons. The average Bonchev–Trinajstić information content (AvgIpc) is 3.44. The zero-order valence-corrected chi connectivity index (χ0v) is 19.1. The van der Waals surface area contributed by atoms with Gasteiger partial charge in [-0.3, -0.25) is 14.6 Å². The molecule has 0 aromatic carbocycles. The summed E-state index contributed by atoms with van der Waals surface area (Å²) in [7, 11) is 3.82. The van der Waals surface area contributed by atoms with Gasteiger partial charge in [0.15, 0.2) is 5.96 Å². The summed E-state index contributed by atoms with van der Waals surface area (Å²) < 4.78 is 7.84. The van der Waals surface area contributed by atoms with E-state index in [1.807, 2.05) is 42.5 Å². The number of ether oxygens (including phenoxy) is 1. The molecule has 2 aliphatic rings. The number of morpholine rings is 1. The van der Waals surface area contributed by atoms with E-state index >= 15 is 0 Å². The van der Waals surface area contributed by atoms with Crippen molar-refractivity contribution < 1.29 is 4.74 Å². The first-order valence-corrected chi connectivity index (χ1v) is 11.8. The van der Waals surface area contributed by atoms with Crippen molar-refractivity contribution in [3.63, 3.8) is 0 Å².